The number of aromatic nitrogens is 5. The summed E-state index contributed by atoms with van der Waals surface area (Å²) in [6, 6.07) is 5.83. The number of benzene rings is 1. The van der Waals surface area contributed by atoms with Crippen molar-refractivity contribution in [1.82, 2.24) is 40.1 Å². The number of pyridine rings is 2. The summed E-state index contributed by atoms with van der Waals surface area (Å²) in [5.74, 6) is -2.25. The number of esters is 1. The van der Waals surface area contributed by atoms with E-state index in [1.165, 1.54) is 23.1 Å². The van der Waals surface area contributed by atoms with Gasteiger partial charge in [0.15, 0.2) is 0 Å². The van der Waals surface area contributed by atoms with Crippen molar-refractivity contribution < 1.29 is 62.4 Å². The maximum absolute atomic E-state index is 14.1. The van der Waals surface area contributed by atoms with E-state index in [0.29, 0.717) is 61.6 Å². The van der Waals surface area contributed by atoms with Crippen molar-refractivity contribution in [1.29, 1.82) is 0 Å². The quantitative estimate of drug-likeness (QED) is 0.0481. The van der Waals surface area contributed by atoms with Gasteiger partial charge in [0, 0.05) is 66.7 Å². The van der Waals surface area contributed by atoms with Crippen molar-refractivity contribution in [3.05, 3.63) is 80.9 Å². The van der Waals surface area contributed by atoms with Crippen molar-refractivity contribution in [2.75, 3.05) is 46.1 Å². The Kier molecular flexibility index (Phi) is 16.6. The summed E-state index contributed by atoms with van der Waals surface area (Å²) in [6.07, 6.45) is 7.53. The standard InChI is InChI=1S/C52H62N8O14/c1-5-35-36-21-34(61)12-13-40(36)55-48-37(35)25-59-42(48)22-39-38(49(59)67)26-72-50(68)52(39,6-2)74-51(69)73-27-41(30(3)4)54-45(64)29-71-28-44(63)53-17-19-70-20-18-58-24-33(56-57-58)11-14-43(62)32-9-7-31(8-10-32)23-60-46(65)15-16-47(60)66/h12-13,15-16,21-22,24,30-32,41,61H,5-11,14,17-20,23,25-29H2,1-4H3,(H,53,63)(H,54,64). The molecule has 8 rings (SSSR count). The Morgan fingerprint density at radius 1 is 0.946 bits per heavy atom. The van der Waals surface area contributed by atoms with E-state index in [9.17, 15) is 43.5 Å². The van der Waals surface area contributed by atoms with Gasteiger partial charge in [0.05, 0.1) is 60.5 Å². The fraction of sp³-hybridized carbons (Fsp3) is 0.519. The number of ether oxygens (including phenoxy) is 5. The summed E-state index contributed by atoms with van der Waals surface area (Å²) in [6.45, 7) is 7.38. The molecule has 0 radical (unpaired) electrons. The van der Waals surface area contributed by atoms with Crippen LogP contribution < -0.4 is 16.2 Å². The number of aryl methyl sites for hydroxylation is 2. The van der Waals surface area contributed by atoms with Crippen LogP contribution in [0.5, 0.6) is 5.75 Å². The largest absolute Gasteiger partial charge is 0.509 e. The topological polar surface area (TPSA) is 279 Å². The fourth-order valence-corrected chi connectivity index (χ4v) is 10.1. The van der Waals surface area contributed by atoms with E-state index < -0.39 is 54.4 Å². The molecule has 2 atom stereocenters. The summed E-state index contributed by atoms with van der Waals surface area (Å²) < 4.78 is 30.9. The minimum absolute atomic E-state index is 0.0389. The summed E-state index contributed by atoms with van der Waals surface area (Å²) in [4.78, 5) is 109. The van der Waals surface area contributed by atoms with Crippen LogP contribution in [0.25, 0.3) is 22.3 Å². The molecule has 1 saturated carbocycles. The minimum Gasteiger partial charge on any atom is -0.508 e. The molecule has 4 aliphatic rings. The minimum atomic E-state index is -2.02. The molecule has 3 N–H and O–H groups in total. The highest BCUT2D eigenvalue weighted by Crippen LogP contribution is 2.42. The number of amides is 4. The van der Waals surface area contributed by atoms with Crippen molar-refractivity contribution in [3.8, 4) is 17.1 Å². The lowest BCUT2D eigenvalue weighted by Crippen LogP contribution is -2.48. The molecule has 74 heavy (non-hydrogen) atoms. The Labute approximate surface area is 426 Å². The molecule has 3 aliphatic heterocycles. The first-order valence-corrected chi connectivity index (χ1v) is 25.2. The number of ketones is 1. The number of Topliss-reactive ketones (excluding diaryl/α,β-unsaturated/α-hetero) is 1. The third-order valence-electron chi connectivity index (χ3n) is 14.3. The third-order valence-corrected chi connectivity index (χ3v) is 14.3. The molecule has 3 aromatic heterocycles. The Balaban J connectivity index is 0.722. The first-order valence-electron chi connectivity index (χ1n) is 25.2. The summed E-state index contributed by atoms with van der Waals surface area (Å²) in [7, 11) is 0. The Bertz CT molecular complexity index is 2900. The van der Waals surface area contributed by atoms with Crippen LogP contribution >= 0.6 is 0 Å². The van der Waals surface area contributed by atoms with Crippen molar-refractivity contribution >= 4 is 52.4 Å². The van der Waals surface area contributed by atoms with Crippen molar-refractivity contribution in [2.24, 2.45) is 17.8 Å². The molecule has 22 nitrogen and oxygen atoms in total. The van der Waals surface area contributed by atoms with Gasteiger partial charge < -0.3 is 44.0 Å². The smallest absolute Gasteiger partial charge is 0.508 e. The molecule has 4 aromatic rings. The Morgan fingerprint density at radius 2 is 1.70 bits per heavy atom. The normalized spacial score (nSPS) is 19.3. The van der Waals surface area contributed by atoms with E-state index in [2.05, 4.69) is 20.9 Å². The number of aromatic hydroxyl groups is 1. The van der Waals surface area contributed by atoms with Gasteiger partial charge in [-0.1, -0.05) is 32.9 Å². The number of imide groups is 1. The highest BCUT2D eigenvalue weighted by molar-refractivity contribution is 6.12. The number of carbonyl (C=O) groups excluding carboxylic acids is 7. The number of fused-ring (bicyclic) bond motifs is 5. The van der Waals surface area contributed by atoms with E-state index in [4.69, 9.17) is 28.7 Å². The van der Waals surface area contributed by atoms with Crippen LogP contribution in [0.4, 0.5) is 4.79 Å². The number of hydrogen-bond acceptors (Lipinski definition) is 17. The molecular formula is C52H62N8O14. The monoisotopic (exact) mass is 1020 g/mol. The molecule has 394 valence electrons. The van der Waals surface area contributed by atoms with Crippen molar-refractivity contribution in [2.45, 2.75) is 110 Å². The van der Waals surface area contributed by atoms with Crippen LogP contribution in [0.1, 0.15) is 94.2 Å². The van der Waals surface area contributed by atoms with Gasteiger partial charge in [0.25, 0.3) is 17.4 Å². The van der Waals surface area contributed by atoms with Crippen LogP contribution in [-0.4, -0.2) is 128 Å². The molecule has 1 fully saturated rings. The number of carbonyl (C=O) groups is 7. The highest BCUT2D eigenvalue weighted by Gasteiger charge is 2.51. The van der Waals surface area contributed by atoms with Crippen LogP contribution in [0.15, 0.2) is 47.4 Å². The second kappa shape index (κ2) is 23.3. The number of cyclic esters (lactones) is 1. The van der Waals surface area contributed by atoms with Gasteiger partial charge in [-0.05, 0) is 80.2 Å². The first-order chi connectivity index (χ1) is 35.6. The predicted octanol–water partition coefficient (Wildman–Crippen LogP) is 3.32. The first kappa shape index (κ1) is 53.0. The molecule has 1 aliphatic carbocycles. The summed E-state index contributed by atoms with van der Waals surface area (Å²) in [5, 5.41) is 24.7. The lowest BCUT2D eigenvalue weighted by atomic mass is 9.79. The average molecular weight is 1020 g/mol. The summed E-state index contributed by atoms with van der Waals surface area (Å²) in [5.41, 5.74) is 1.95. The van der Waals surface area contributed by atoms with E-state index in [0.717, 1.165) is 42.2 Å². The van der Waals surface area contributed by atoms with Crippen LogP contribution in [0, 0.1) is 17.8 Å². The zero-order chi connectivity index (χ0) is 52.7. The zero-order valence-electron chi connectivity index (χ0n) is 42.0. The molecule has 0 bridgehead atoms. The van der Waals surface area contributed by atoms with Crippen LogP contribution in [0.3, 0.4) is 0 Å². The number of rotatable bonds is 23. The number of nitrogens with one attached hydrogen (secondary N) is 2. The van der Waals surface area contributed by atoms with Gasteiger partial charge in [0.2, 0.25) is 17.4 Å². The molecular weight excluding hydrogens is 961 g/mol. The Hall–Kier alpha value is -7.33. The second-order valence-electron chi connectivity index (χ2n) is 19.4. The molecule has 22 heteroatoms. The molecule has 0 saturated heterocycles. The van der Waals surface area contributed by atoms with E-state index in [1.54, 1.807) is 54.4 Å². The zero-order valence-corrected chi connectivity index (χ0v) is 42.0. The van der Waals surface area contributed by atoms with Crippen molar-refractivity contribution in [3.63, 3.8) is 0 Å². The Morgan fingerprint density at radius 3 is 2.43 bits per heavy atom. The van der Waals surface area contributed by atoms with E-state index >= 15 is 0 Å². The second-order valence-corrected chi connectivity index (χ2v) is 19.4. The van der Waals surface area contributed by atoms with Gasteiger partial charge in [-0.3, -0.25) is 33.7 Å². The van der Waals surface area contributed by atoms with Crippen LogP contribution in [-0.2, 0) is 90.6 Å². The molecule has 0 spiro atoms. The SMILES string of the molecule is CCc1c2c(nc3ccc(O)cc13)-c1cc3c(c(=O)n1C2)COC(=O)C3(CC)OC(=O)OCC(NC(=O)COCC(=O)NCCOCCn1cc(CCC(=O)C2CCC(CN3C(=O)C=CC3=O)CC2)nn1)C(C)C. The maximum Gasteiger partial charge on any atom is 0.509 e. The third kappa shape index (κ3) is 11.7. The van der Waals surface area contributed by atoms with Gasteiger partial charge in [0.1, 0.15) is 38.0 Å². The van der Waals surface area contributed by atoms with Gasteiger partial charge in [-0.25, -0.2) is 19.3 Å². The highest BCUT2D eigenvalue weighted by atomic mass is 16.7. The molecule has 6 heterocycles. The number of phenols is 1. The van der Waals surface area contributed by atoms with E-state index in [1.807, 2.05) is 6.92 Å². The molecule has 2 unspecified atom stereocenters. The lowest BCUT2D eigenvalue weighted by molar-refractivity contribution is -0.175. The lowest BCUT2D eigenvalue weighted by Gasteiger charge is -2.35. The summed E-state index contributed by atoms with van der Waals surface area (Å²) >= 11 is 0. The average Bonchev–Trinajstić information content (AvgIpc) is 4.09. The molecule has 4 amide bonds. The van der Waals surface area contributed by atoms with E-state index in [-0.39, 0.29) is 91.6 Å². The number of nitrogens with zero attached hydrogens (tertiary/aromatic N) is 6. The van der Waals surface area contributed by atoms with Gasteiger partial charge in [-0.2, -0.15) is 0 Å². The number of hydrogen-bond donors (Lipinski definition) is 3. The molecule has 1 aromatic carbocycles. The fourth-order valence-electron chi connectivity index (χ4n) is 10.1. The van der Waals surface area contributed by atoms with Gasteiger partial charge >= 0.3 is 12.1 Å². The van der Waals surface area contributed by atoms with Crippen LogP contribution in [0.2, 0.25) is 0 Å². The number of phenolic OH excluding ortho intramolecular Hbond substituents is 1. The van der Waals surface area contributed by atoms with Gasteiger partial charge in [-0.15, -0.1) is 5.10 Å². The maximum atomic E-state index is 14.1. The predicted molar refractivity (Wildman–Crippen MR) is 262 cm³/mol.